The van der Waals surface area contributed by atoms with Crippen molar-refractivity contribution in [2.75, 3.05) is 0 Å². The maximum Gasteiger partial charge on any atom is 0.348 e. The number of hydrogen-bond donors (Lipinski definition) is 1. The maximum atomic E-state index is 12.3. The molecule has 0 radical (unpaired) electrons. The van der Waals surface area contributed by atoms with Crippen molar-refractivity contribution in [1.29, 1.82) is 0 Å². The highest BCUT2D eigenvalue weighted by Gasteiger charge is 2.13. The molecule has 0 spiro atoms. The fourth-order valence-electron chi connectivity index (χ4n) is 3.38. The van der Waals surface area contributed by atoms with Gasteiger partial charge in [0.05, 0.1) is 5.52 Å². The summed E-state index contributed by atoms with van der Waals surface area (Å²) in [6.07, 6.45) is 0.570. The normalized spacial score (nSPS) is 11.7. The summed E-state index contributed by atoms with van der Waals surface area (Å²) in [6.45, 7) is 0. The first kappa shape index (κ1) is 14.0. The van der Waals surface area contributed by atoms with E-state index >= 15 is 0 Å². The topological polar surface area (TPSA) is 68.0 Å². The van der Waals surface area contributed by atoms with Gasteiger partial charge in [-0.25, -0.2) is 9.78 Å². The van der Waals surface area contributed by atoms with Crippen LogP contribution < -0.4 is 5.69 Å². The van der Waals surface area contributed by atoms with Crippen LogP contribution in [0.5, 0.6) is 0 Å². The highest BCUT2D eigenvalue weighted by molar-refractivity contribution is 5.90. The predicted molar refractivity (Wildman–Crippen MR) is 96.8 cm³/mol. The largest absolute Gasteiger partial charge is 0.348 e. The van der Waals surface area contributed by atoms with Crippen LogP contribution in [0.3, 0.4) is 0 Å². The van der Waals surface area contributed by atoms with Crippen LogP contribution in [0.25, 0.3) is 27.5 Å². The molecule has 6 nitrogen and oxygen atoms in total. The highest BCUT2D eigenvalue weighted by atomic mass is 16.1. The Labute approximate surface area is 142 Å². The summed E-state index contributed by atoms with van der Waals surface area (Å²) in [5.41, 5.74) is 3.36. The third-order valence-corrected chi connectivity index (χ3v) is 4.64. The van der Waals surface area contributed by atoms with Crippen LogP contribution in [0.2, 0.25) is 0 Å². The van der Waals surface area contributed by atoms with Crippen molar-refractivity contribution >= 4 is 27.5 Å². The quantitative estimate of drug-likeness (QED) is 0.541. The smallest absolute Gasteiger partial charge is 0.347 e. The molecule has 0 aliphatic carbocycles. The van der Waals surface area contributed by atoms with Crippen molar-refractivity contribution < 1.29 is 0 Å². The molecule has 3 heterocycles. The Morgan fingerprint density at radius 3 is 2.76 bits per heavy atom. The molecule has 5 aromatic rings. The number of rotatable bonds is 2. The summed E-state index contributed by atoms with van der Waals surface area (Å²) in [6, 6.07) is 18.0. The molecule has 0 unspecified atom stereocenters. The zero-order chi connectivity index (χ0) is 17.0. The van der Waals surface area contributed by atoms with E-state index in [1.165, 1.54) is 15.4 Å². The van der Waals surface area contributed by atoms with Gasteiger partial charge in [0.1, 0.15) is 0 Å². The van der Waals surface area contributed by atoms with E-state index in [0.29, 0.717) is 17.9 Å². The average molecular weight is 329 g/mol. The second-order valence-corrected chi connectivity index (χ2v) is 6.17. The van der Waals surface area contributed by atoms with E-state index in [1.807, 2.05) is 43.4 Å². The summed E-state index contributed by atoms with van der Waals surface area (Å²) in [7, 11) is 2.04. The van der Waals surface area contributed by atoms with Gasteiger partial charge in [0.15, 0.2) is 11.5 Å². The standard InChI is InChI=1S/C19H15N5O/c1-23-13(10-12-6-2-5-9-16(12)23)11-17-21-18-14-7-3-4-8-15(14)20-19(25)24(18)22-17/h2-10H,11H2,1H3,(H,20,25). The zero-order valence-corrected chi connectivity index (χ0v) is 13.6. The van der Waals surface area contributed by atoms with Gasteiger partial charge in [0.25, 0.3) is 0 Å². The van der Waals surface area contributed by atoms with Crippen molar-refractivity contribution in [2.24, 2.45) is 7.05 Å². The lowest BCUT2D eigenvalue weighted by atomic mass is 10.2. The number of para-hydroxylation sites is 2. The van der Waals surface area contributed by atoms with Gasteiger partial charge in [0, 0.05) is 30.1 Å². The van der Waals surface area contributed by atoms with Crippen LogP contribution in [0, 0.1) is 0 Å². The van der Waals surface area contributed by atoms with E-state index in [0.717, 1.165) is 16.6 Å². The second-order valence-electron chi connectivity index (χ2n) is 6.17. The molecule has 25 heavy (non-hydrogen) atoms. The molecule has 0 aliphatic heterocycles. The monoisotopic (exact) mass is 329 g/mol. The fourth-order valence-corrected chi connectivity index (χ4v) is 3.38. The number of H-pyrrole nitrogens is 1. The minimum absolute atomic E-state index is 0.274. The molecule has 0 atom stereocenters. The molecule has 1 N–H and O–H groups in total. The van der Waals surface area contributed by atoms with Gasteiger partial charge >= 0.3 is 5.69 Å². The third-order valence-electron chi connectivity index (χ3n) is 4.64. The molecule has 6 heteroatoms. The first-order valence-electron chi connectivity index (χ1n) is 8.11. The van der Waals surface area contributed by atoms with E-state index in [2.05, 4.69) is 37.8 Å². The van der Waals surface area contributed by atoms with E-state index in [4.69, 9.17) is 0 Å². The van der Waals surface area contributed by atoms with Crippen molar-refractivity contribution in [1.82, 2.24) is 24.1 Å². The van der Waals surface area contributed by atoms with Crippen molar-refractivity contribution in [3.8, 4) is 0 Å². The van der Waals surface area contributed by atoms with E-state index < -0.39 is 0 Å². The summed E-state index contributed by atoms with van der Waals surface area (Å²) < 4.78 is 3.49. The first-order valence-corrected chi connectivity index (χ1v) is 8.11. The number of aryl methyl sites for hydroxylation is 1. The third kappa shape index (κ3) is 2.07. The summed E-state index contributed by atoms with van der Waals surface area (Å²) >= 11 is 0. The Kier molecular flexibility index (Phi) is 2.82. The van der Waals surface area contributed by atoms with Crippen molar-refractivity contribution in [3.63, 3.8) is 0 Å². The molecule has 0 bridgehead atoms. The van der Waals surface area contributed by atoms with E-state index in [9.17, 15) is 4.79 Å². The number of nitrogens with one attached hydrogen (secondary N) is 1. The average Bonchev–Trinajstić information content (AvgIpc) is 3.18. The number of hydrogen-bond acceptors (Lipinski definition) is 3. The number of fused-ring (bicyclic) bond motifs is 4. The van der Waals surface area contributed by atoms with Crippen LogP contribution in [0.1, 0.15) is 11.5 Å². The molecule has 5 rings (SSSR count). The minimum atomic E-state index is -0.274. The van der Waals surface area contributed by atoms with Crippen molar-refractivity contribution in [2.45, 2.75) is 6.42 Å². The molecule has 2 aromatic carbocycles. The van der Waals surface area contributed by atoms with Gasteiger partial charge in [-0.2, -0.15) is 4.52 Å². The second kappa shape index (κ2) is 5.04. The number of benzene rings is 2. The Bertz CT molecular complexity index is 1310. The lowest BCUT2D eigenvalue weighted by Gasteiger charge is -2.01. The molecular formula is C19H15N5O. The van der Waals surface area contributed by atoms with Gasteiger partial charge in [-0.15, -0.1) is 5.10 Å². The molecule has 0 saturated heterocycles. The molecule has 0 fully saturated rings. The molecule has 0 saturated carbocycles. The van der Waals surface area contributed by atoms with Crippen LogP contribution in [0.15, 0.2) is 59.4 Å². The van der Waals surface area contributed by atoms with E-state index in [1.54, 1.807) is 0 Å². The first-order chi connectivity index (χ1) is 12.2. The Balaban J connectivity index is 1.68. The van der Waals surface area contributed by atoms with Gasteiger partial charge in [-0.1, -0.05) is 30.3 Å². The van der Waals surface area contributed by atoms with Gasteiger partial charge < -0.3 is 9.55 Å². The Morgan fingerprint density at radius 1 is 1.08 bits per heavy atom. The van der Waals surface area contributed by atoms with E-state index in [-0.39, 0.29) is 5.69 Å². The summed E-state index contributed by atoms with van der Waals surface area (Å²) in [4.78, 5) is 19.7. The minimum Gasteiger partial charge on any atom is -0.347 e. The molecule has 0 amide bonds. The van der Waals surface area contributed by atoms with Gasteiger partial charge in [-0.05, 0) is 29.7 Å². The SMILES string of the molecule is Cn1c(Cc2nc3c4ccccc4[nH]c(=O)n3n2)cc2ccccc21. The van der Waals surface area contributed by atoms with Gasteiger partial charge in [0.2, 0.25) is 0 Å². The molecule has 0 aliphatic rings. The molecule has 122 valence electrons. The van der Waals surface area contributed by atoms with Crippen LogP contribution >= 0.6 is 0 Å². The Hall–Kier alpha value is -3.41. The molecule has 3 aromatic heterocycles. The number of nitrogens with zero attached hydrogens (tertiary/aromatic N) is 4. The number of aromatic nitrogens is 5. The van der Waals surface area contributed by atoms with Crippen LogP contribution in [-0.4, -0.2) is 24.1 Å². The summed E-state index contributed by atoms with van der Waals surface area (Å²) in [5, 5.41) is 6.49. The fraction of sp³-hybridized carbons (Fsp3) is 0.105. The van der Waals surface area contributed by atoms with Crippen molar-refractivity contribution in [3.05, 3.63) is 76.6 Å². The summed E-state index contributed by atoms with van der Waals surface area (Å²) in [5.74, 6) is 0.632. The highest BCUT2D eigenvalue weighted by Crippen LogP contribution is 2.21. The lowest BCUT2D eigenvalue weighted by Crippen LogP contribution is -2.17. The van der Waals surface area contributed by atoms with Crippen LogP contribution in [0.4, 0.5) is 0 Å². The van der Waals surface area contributed by atoms with Crippen LogP contribution in [-0.2, 0) is 13.5 Å². The van der Waals surface area contributed by atoms with Gasteiger partial charge in [-0.3, -0.25) is 0 Å². The Morgan fingerprint density at radius 2 is 1.88 bits per heavy atom. The zero-order valence-electron chi connectivity index (χ0n) is 13.6. The molecular weight excluding hydrogens is 314 g/mol. The lowest BCUT2D eigenvalue weighted by molar-refractivity contribution is 0.814. The number of aromatic amines is 1. The maximum absolute atomic E-state index is 12.3. The predicted octanol–water partition coefficient (Wildman–Crippen LogP) is 2.65.